The van der Waals surface area contributed by atoms with Gasteiger partial charge in [0.1, 0.15) is 12.4 Å². The molecule has 0 atom stereocenters. The van der Waals surface area contributed by atoms with Crippen LogP contribution in [0.5, 0.6) is 5.75 Å². The lowest BCUT2D eigenvalue weighted by Gasteiger charge is -2.21. The molecule has 0 saturated heterocycles. The standard InChI is InChI=1S/C27H22ClNO2/c28-23-16-17-25(31-19-20-10-4-1-5-11-20)24(18-23)27(30)29-26(21-12-6-2-7-13-21)22-14-8-3-9-15-22/h1-18,26H,19H2,(H,29,30). The predicted octanol–water partition coefficient (Wildman–Crippen LogP) is 6.44. The average Bonchev–Trinajstić information content (AvgIpc) is 2.83. The van der Waals surface area contributed by atoms with Gasteiger partial charge >= 0.3 is 0 Å². The zero-order valence-electron chi connectivity index (χ0n) is 16.9. The van der Waals surface area contributed by atoms with E-state index in [9.17, 15) is 4.79 Å². The van der Waals surface area contributed by atoms with Gasteiger partial charge in [-0.2, -0.15) is 0 Å². The van der Waals surface area contributed by atoms with Crippen molar-refractivity contribution < 1.29 is 9.53 Å². The minimum atomic E-state index is -0.296. The molecular weight excluding hydrogens is 406 g/mol. The van der Waals surface area contributed by atoms with E-state index >= 15 is 0 Å². The van der Waals surface area contributed by atoms with E-state index in [1.807, 2.05) is 91.0 Å². The third kappa shape index (κ3) is 5.33. The first kappa shape index (κ1) is 20.7. The molecular formula is C27H22ClNO2. The number of nitrogens with one attached hydrogen (secondary N) is 1. The highest BCUT2D eigenvalue weighted by Gasteiger charge is 2.20. The Morgan fingerprint density at radius 3 is 1.90 bits per heavy atom. The monoisotopic (exact) mass is 427 g/mol. The Hall–Kier alpha value is -3.56. The fourth-order valence-electron chi connectivity index (χ4n) is 3.40. The zero-order valence-corrected chi connectivity index (χ0v) is 17.6. The first-order chi connectivity index (χ1) is 15.2. The highest BCUT2D eigenvalue weighted by Crippen LogP contribution is 2.27. The number of ether oxygens (including phenoxy) is 1. The Morgan fingerprint density at radius 1 is 0.774 bits per heavy atom. The first-order valence-corrected chi connectivity index (χ1v) is 10.5. The van der Waals surface area contributed by atoms with Gasteiger partial charge in [-0.25, -0.2) is 0 Å². The second-order valence-corrected chi connectivity index (χ2v) is 7.58. The number of benzene rings is 4. The van der Waals surface area contributed by atoms with Gasteiger partial charge < -0.3 is 10.1 Å². The second kappa shape index (κ2) is 9.96. The van der Waals surface area contributed by atoms with Crippen LogP contribution in [0.1, 0.15) is 33.1 Å². The van der Waals surface area contributed by atoms with Crippen LogP contribution in [-0.2, 0) is 6.61 Å². The molecule has 0 radical (unpaired) electrons. The molecule has 1 N–H and O–H groups in total. The number of rotatable bonds is 7. The molecule has 0 aromatic heterocycles. The minimum absolute atomic E-state index is 0.247. The van der Waals surface area contributed by atoms with Gasteiger partial charge in [-0.15, -0.1) is 0 Å². The molecule has 154 valence electrons. The fourth-order valence-corrected chi connectivity index (χ4v) is 3.57. The van der Waals surface area contributed by atoms with Crippen molar-refractivity contribution >= 4 is 17.5 Å². The second-order valence-electron chi connectivity index (χ2n) is 7.14. The molecule has 0 saturated carbocycles. The summed E-state index contributed by atoms with van der Waals surface area (Å²) in [6.07, 6.45) is 0. The molecule has 3 nitrogen and oxygen atoms in total. The molecule has 0 unspecified atom stereocenters. The van der Waals surface area contributed by atoms with Crippen LogP contribution < -0.4 is 10.1 Å². The van der Waals surface area contributed by atoms with Gasteiger partial charge in [0.05, 0.1) is 11.6 Å². The number of carbonyl (C=O) groups excluding carboxylic acids is 1. The predicted molar refractivity (Wildman–Crippen MR) is 124 cm³/mol. The van der Waals surface area contributed by atoms with Crippen molar-refractivity contribution in [3.63, 3.8) is 0 Å². The van der Waals surface area contributed by atoms with Crippen LogP contribution >= 0.6 is 11.6 Å². The van der Waals surface area contributed by atoms with Gasteiger partial charge in [-0.3, -0.25) is 4.79 Å². The lowest BCUT2D eigenvalue weighted by Crippen LogP contribution is -2.29. The number of hydrogen-bond donors (Lipinski definition) is 1. The Bertz CT molecular complexity index is 1090. The van der Waals surface area contributed by atoms with Crippen molar-refractivity contribution in [3.05, 3.63) is 136 Å². The van der Waals surface area contributed by atoms with Crippen molar-refractivity contribution in [2.24, 2.45) is 0 Å². The largest absolute Gasteiger partial charge is 0.488 e. The minimum Gasteiger partial charge on any atom is -0.488 e. The quantitative estimate of drug-likeness (QED) is 0.368. The fraction of sp³-hybridized carbons (Fsp3) is 0.0741. The summed E-state index contributed by atoms with van der Waals surface area (Å²) in [6, 6.07) is 34.4. The first-order valence-electron chi connectivity index (χ1n) is 10.1. The van der Waals surface area contributed by atoms with Crippen LogP contribution in [0.4, 0.5) is 0 Å². The van der Waals surface area contributed by atoms with Gasteiger partial charge in [0.2, 0.25) is 0 Å². The molecule has 31 heavy (non-hydrogen) atoms. The summed E-state index contributed by atoms with van der Waals surface area (Å²) >= 11 is 6.21. The van der Waals surface area contributed by atoms with Gasteiger partial charge in [0.25, 0.3) is 5.91 Å². The number of hydrogen-bond acceptors (Lipinski definition) is 2. The van der Waals surface area contributed by atoms with E-state index in [0.717, 1.165) is 16.7 Å². The van der Waals surface area contributed by atoms with E-state index in [2.05, 4.69) is 5.32 Å². The molecule has 4 rings (SSSR count). The van der Waals surface area contributed by atoms with Gasteiger partial charge in [-0.1, -0.05) is 103 Å². The molecule has 1 amide bonds. The Kier molecular flexibility index (Phi) is 6.65. The number of amides is 1. The van der Waals surface area contributed by atoms with Crippen molar-refractivity contribution in [2.75, 3.05) is 0 Å². The third-order valence-electron chi connectivity index (χ3n) is 4.96. The maximum atomic E-state index is 13.3. The number of halogens is 1. The van der Waals surface area contributed by atoms with Crippen LogP contribution in [-0.4, -0.2) is 5.91 Å². The van der Waals surface area contributed by atoms with Crippen LogP contribution in [0.15, 0.2) is 109 Å². The highest BCUT2D eigenvalue weighted by molar-refractivity contribution is 6.31. The summed E-state index contributed by atoms with van der Waals surface area (Å²) in [5, 5.41) is 3.63. The van der Waals surface area contributed by atoms with Crippen molar-refractivity contribution in [1.82, 2.24) is 5.32 Å². The van der Waals surface area contributed by atoms with E-state index in [0.29, 0.717) is 22.9 Å². The lowest BCUT2D eigenvalue weighted by atomic mass is 9.98. The Balaban J connectivity index is 1.61. The van der Waals surface area contributed by atoms with Crippen molar-refractivity contribution in [2.45, 2.75) is 12.6 Å². The van der Waals surface area contributed by atoms with E-state index in [4.69, 9.17) is 16.3 Å². The summed E-state index contributed by atoms with van der Waals surface area (Å²) < 4.78 is 5.97. The topological polar surface area (TPSA) is 38.3 Å². The molecule has 0 aliphatic carbocycles. The summed E-state index contributed by atoms with van der Waals surface area (Å²) in [5.74, 6) is 0.244. The van der Waals surface area contributed by atoms with Crippen LogP contribution in [0, 0.1) is 0 Å². The SMILES string of the molecule is O=C(NC(c1ccccc1)c1ccccc1)c1cc(Cl)ccc1OCc1ccccc1. The Morgan fingerprint density at radius 2 is 1.32 bits per heavy atom. The maximum absolute atomic E-state index is 13.3. The molecule has 0 aliphatic rings. The summed E-state index contributed by atoms with van der Waals surface area (Å²) in [7, 11) is 0. The van der Waals surface area contributed by atoms with Crippen LogP contribution in [0.25, 0.3) is 0 Å². The molecule has 4 heteroatoms. The molecule has 4 aromatic rings. The molecule has 0 heterocycles. The normalized spacial score (nSPS) is 10.6. The van der Waals surface area contributed by atoms with E-state index in [1.165, 1.54) is 0 Å². The van der Waals surface area contributed by atoms with E-state index < -0.39 is 0 Å². The van der Waals surface area contributed by atoms with Crippen molar-refractivity contribution in [3.8, 4) is 5.75 Å². The van der Waals surface area contributed by atoms with Gasteiger partial charge in [0.15, 0.2) is 0 Å². The zero-order chi connectivity index (χ0) is 21.5. The summed E-state index contributed by atoms with van der Waals surface area (Å²) in [4.78, 5) is 13.3. The van der Waals surface area contributed by atoms with E-state index in [-0.39, 0.29) is 11.9 Å². The van der Waals surface area contributed by atoms with Gasteiger partial charge in [0, 0.05) is 5.02 Å². The summed E-state index contributed by atoms with van der Waals surface area (Å²) in [6.45, 7) is 0.365. The molecule has 0 bridgehead atoms. The third-order valence-corrected chi connectivity index (χ3v) is 5.20. The highest BCUT2D eigenvalue weighted by atomic mass is 35.5. The van der Waals surface area contributed by atoms with Gasteiger partial charge in [-0.05, 0) is 34.9 Å². The van der Waals surface area contributed by atoms with E-state index in [1.54, 1.807) is 18.2 Å². The summed E-state index contributed by atoms with van der Waals surface area (Å²) in [5.41, 5.74) is 3.42. The lowest BCUT2D eigenvalue weighted by molar-refractivity contribution is 0.0938. The smallest absolute Gasteiger partial charge is 0.255 e. The Labute approximate surface area is 187 Å². The molecule has 0 spiro atoms. The molecule has 0 aliphatic heterocycles. The molecule has 4 aromatic carbocycles. The number of carbonyl (C=O) groups is 1. The van der Waals surface area contributed by atoms with Crippen molar-refractivity contribution in [1.29, 1.82) is 0 Å². The maximum Gasteiger partial charge on any atom is 0.255 e. The van der Waals surface area contributed by atoms with Crippen LogP contribution in [0.2, 0.25) is 5.02 Å². The average molecular weight is 428 g/mol. The molecule has 0 fully saturated rings. The van der Waals surface area contributed by atoms with Crippen LogP contribution in [0.3, 0.4) is 0 Å².